The third-order valence-corrected chi connectivity index (χ3v) is 8.20. The van der Waals surface area contributed by atoms with Crippen molar-refractivity contribution in [2.45, 2.75) is 26.3 Å². The number of amides is 3. The maximum absolute atomic E-state index is 14.9. The molecule has 228 valence electrons. The van der Waals surface area contributed by atoms with E-state index in [2.05, 4.69) is 15.3 Å². The highest BCUT2D eigenvalue weighted by Gasteiger charge is 2.41. The number of hydrogen-bond acceptors (Lipinski definition) is 8. The first-order valence-electron chi connectivity index (χ1n) is 14.2. The second kappa shape index (κ2) is 13.4. The molecule has 0 bridgehead atoms. The van der Waals surface area contributed by atoms with Crippen LogP contribution in [0.3, 0.4) is 0 Å². The molecule has 3 amide bonds. The molecule has 2 aliphatic heterocycles. The summed E-state index contributed by atoms with van der Waals surface area (Å²) in [6.45, 7) is 6.03. The van der Waals surface area contributed by atoms with Crippen LogP contribution in [0.5, 0.6) is 0 Å². The molecular formula is C29H34FN7O5S. The molecule has 0 radical (unpaired) electrons. The Labute approximate surface area is 252 Å². The summed E-state index contributed by atoms with van der Waals surface area (Å²) < 4.78 is 21.5. The summed E-state index contributed by atoms with van der Waals surface area (Å²) in [5.41, 5.74) is 0.361. The van der Waals surface area contributed by atoms with Gasteiger partial charge in [0.1, 0.15) is 22.2 Å². The number of para-hydroxylation sites is 1. The molecule has 1 aromatic carbocycles. The maximum atomic E-state index is 14.9. The van der Waals surface area contributed by atoms with Gasteiger partial charge in [-0.3, -0.25) is 9.59 Å². The SMILES string of the molecule is CC(C)CN(C(=O)c1nnn(-c2ccccc2F)c1/C=C/c1nccs1)[C@H]1C[C@@H](C(=O)N2CCOCC2)CN(C(=O)O)C1. The Morgan fingerprint density at radius 2 is 1.93 bits per heavy atom. The fourth-order valence-electron chi connectivity index (χ4n) is 5.46. The van der Waals surface area contributed by atoms with Gasteiger partial charge in [-0.25, -0.2) is 18.9 Å². The van der Waals surface area contributed by atoms with Crippen molar-refractivity contribution < 1.29 is 28.6 Å². The van der Waals surface area contributed by atoms with E-state index in [9.17, 15) is 23.9 Å². The largest absolute Gasteiger partial charge is 0.465 e. The van der Waals surface area contributed by atoms with Crippen molar-refractivity contribution in [1.29, 1.82) is 0 Å². The lowest BCUT2D eigenvalue weighted by atomic mass is 9.91. The molecule has 0 spiro atoms. The lowest BCUT2D eigenvalue weighted by Gasteiger charge is -2.43. The molecular weight excluding hydrogens is 577 g/mol. The normalized spacial score (nSPS) is 19.3. The number of ether oxygens (including phenoxy) is 1. The van der Waals surface area contributed by atoms with Gasteiger partial charge in [-0.2, -0.15) is 0 Å². The third-order valence-electron chi connectivity index (χ3n) is 7.46. The van der Waals surface area contributed by atoms with Crippen molar-refractivity contribution >= 4 is 41.4 Å². The molecule has 2 aliphatic rings. The van der Waals surface area contributed by atoms with E-state index in [1.807, 2.05) is 19.2 Å². The molecule has 2 aromatic heterocycles. The van der Waals surface area contributed by atoms with Crippen LogP contribution in [0.15, 0.2) is 35.8 Å². The van der Waals surface area contributed by atoms with Crippen molar-refractivity contribution in [3.8, 4) is 5.69 Å². The number of piperidine rings is 1. The van der Waals surface area contributed by atoms with E-state index >= 15 is 0 Å². The van der Waals surface area contributed by atoms with Crippen LogP contribution in [0.25, 0.3) is 17.8 Å². The topological polar surface area (TPSA) is 134 Å². The standard InChI is InChI=1S/C29H34FN7O5S/c1-19(2)16-36(21-15-20(17-35(18-21)29(40)41)27(38)34-10-12-42-13-11-34)28(39)26-24(7-8-25-31-9-14-43-25)37(33-32-26)23-6-4-3-5-22(23)30/h3-9,14,19-21H,10-13,15-18H2,1-2H3,(H,40,41)/b8-7+/t20-,21+/m1/s1. The van der Waals surface area contributed by atoms with Crippen molar-refractivity contribution in [2.24, 2.45) is 11.8 Å². The van der Waals surface area contributed by atoms with Crippen LogP contribution in [-0.4, -0.2) is 110 Å². The molecule has 1 N–H and O–H groups in total. The van der Waals surface area contributed by atoms with Gasteiger partial charge in [-0.15, -0.1) is 16.4 Å². The zero-order valence-electron chi connectivity index (χ0n) is 24.0. The highest BCUT2D eigenvalue weighted by atomic mass is 32.1. The molecule has 0 aliphatic carbocycles. The number of likely N-dealkylation sites (tertiary alicyclic amines) is 1. The fourth-order valence-corrected chi connectivity index (χ4v) is 5.99. The number of thiazole rings is 1. The molecule has 2 saturated heterocycles. The number of aromatic nitrogens is 4. The van der Waals surface area contributed by atoms with E-state index in [0.717, 1.165) is 0 Å². The van der Waals surface area contributed by atoms with E-state index < -0.39 is 29.8 Å². The summed E-state index contributed by atoms with van der Waals surface area (Å²) in [4.78, 5) is 48.7. The summed E-state index contributed by atoms with van der Waals surface area (Å²) in [6, 6.07) is 5.47. The Morgan fingerprint density at radius 1 is 1.16 bits per heavy atom. The zero-order chi connectivity index (χ0) is 30.5. The second-order valence-electron chi connectivity index (χ2n) is 11.0. The van der Waals surface area contributed by atoms with Crippen molar-refractivity contribution in [2.75, 3.05) is 45.9 Å². The number of nitrogens with zero attached hydrogens (tertiary/aromatic N) is 7. The minimum absolute atomic E-state index is 0.0137. The van der Waals surface area contributed by atoms with E-state index in [-0.39, 0.29) is 48.5 Å². The van der Waals surface area contributed by atoms with Crippen LogP contribution in [0, 0.1) is 17.7 Å². The number of halogens is 1. The lowest BCUT2D eigenvalue weighted by Crippen LogP contribution is -2.58. The molecule has 0 unspecified atom stereocenters. The van der Waals surface area contributed by atoms with Crippen LogP contribution < -0.4 is 0 Å². The van der Waals surface area contributed by atoms with Gasteiger partial charge < -0.3 is 24.5 Å². The first-order valence-corrected chi connectivity index (χ1v) is 15.0. The highest BCUT2D eigenvalue weighted by molar-refractivity contribution is 7.10. The minimum atomic E-state index is -1.15. The second-order valence-corrected chi connectivity index (χ2v) is 11.9. The molecule has 14 heteroatoms. The first-order chi connectivity index (χ1) is 20.7. The molecule has 2 atom stereocenters. The van der Waals surface area contributed by atoms with E-state index in [0.29, 0.717) is 37.7 Å². The fraction of sp³-hybridized carbons (Fsp3) is 0.448. The van der Waals surface area contributed by atoms with Crippen molar-refractivity contribution in [3.05, 3.63) is 58.1 Å². The quantitative estimate of drug-likeness (QED) is 0.410. The number of carboxylic acid groups (broad SMARTS) is 1. The smallest absolute Gasteiger partial charge is 0.407 e. The van der Waals surface area contributed by atoms with Gasteiger partial charge in [0, 0.05) is 44.3 Å². The van der Waals surface area contributed by atoms with E-state index in [1.165, 1.54) is 27.0 Å². The van der Waals surface area contributed by atoms with E-state index in [1.54, 1.807) is 46.3 Å². The van der Waals surface area contributed by atoms with Gasteiger partial charge in [0.15, 0.2) is 5.69 Å². The maximum Gasteiger partial charge on any atom is 0.407 e. The summed E-state index contributed by atoms with van der Waals surface area (Å²) in [7, 11) is 0. The Hall–Kier alpha value is -4.17. The number of rotatable bonds is 8. The number of morpholine rings is 1. The van der Waals surface area contributed by atoms with Crippen molar-refractivity contribution in [3.63, 3.8) is 0 Å². The molecule has 5 rings (SSSR count). The van der Waals surface area contributed by atoms with Gasteiger partial charge in [0.2, 0.25) is 5.91 Å². The molecule has 4 heterocycles. The summed E-state index contributed by atoms with van der Waals surface area (Å²) >= 11 is 1.40. The Bertz CT molecular complexity index is 1470. The lowest BCUT2D eigenvalue weighted by molar-refractivity contribution is -0.142. The molecule has 2 fully saturated rings. The van der Waals surface area contributed by atoms with Crippen LogP contribution in [0.1, 0.15) is 41.5 Å². The molecule has 12 nitrogen and oxygen atoms in total. The van der Waals surface area contributed by atoms with Crippen LogP contribution >= 0.6 is 11.3 Å². The number of carbonyl (C=O) groups is 3. The Balaban J connectivity index is 1.51. The Kier molecular flexibility index (Phi) is 9.46. The Morgan fingerprint density at radius 3 is 2.60 bits per heavy atom. The van der Waals surface area contributed by atoms with E-state index in [4.69, 9.17) is 4.74 Å². The van der Waals surface area contributed by atoms with Gasteiger partial charge in [-0.1, -0.05) is 31.2 Å². The molecule has 3 aromatic rings. The number of benzene rings is 1. The summed E-state index contributed by atoms with van der Waals surface area (Å²) in [6.07, 6.45) is 4.12. The van der Waals surface area contributed by atoms with Gasteiger partial charge in [0.05, 0.1) is 25.2 Å². The zero-order valence-corrected chi connectivity index (χ0v) is 24.8. The van der Waals surface area contributed by atoms with Crippen molar-refractivity contribution in [1.82, 2.24) is 34.7 Å². The summed E-state index contributed by atoms with van der Waals surface area (Å²) in [5, 5.41) is 20.8. The predicted octanol–water partition coefficient (Wildman–Crippen LogP) is 3.36. The van der Waals surface area contributed by atoms with Gasteiger partial charge in [-0.05, 0) is 36.6 Å². The average molecular weight is 612 g/mol. The average Bonchev–Trinajstić information content (AvgIpc) is 3.68. The number of hydrogen-bond donors (Lipinski definition) is 1. The van der Waals surface area contributed by atoms with Gasteiger partial charge in [0.25, 0.3) is 5.91 Å². The summed E-state index contributed by atoms with van der Waals surface area (Å²) in [5.74, 6) is -1.76. The van der Waals surface area contributed by atoms with Crippen LogP contribution in [0.4, 0.5) is 9.18 Å². The van der Waals surface area contributed by atoms with Gasteiger partial charge >= 0.3 is 6.09 Å². The highest BCUT2D eigenvalue weighted by Crippen LogP contribution is 2.27. The molecule has 0 saturated carbocycles. The minimum Gasteiger partial charge on any atom is -0.465 e. The first kappa shape index (κ1) is 30.3. The van der Waals surface area contributed by atoms with Crippen LogP contribution in [-0.2, 0) is 9.53 Å². The third kappa shape index (κ3) is 6.91. The van der Waals surface area contributed by atoms with Crippen LogP contribution in [0.2, 0.25) is 0 Å². The monoisotopic (exact) mass is 611 g/mol. The number of carbonyl (C=O) groups excluding carboxylic acids is 2. The molecule has 43 heavy (non-hydrogen) atoms. The predicted molar refractivity (Wildman–Crippen MR) is 157 cm³/mol.